The van der Waals surface area contributed by atoms with Crippen molar-refractivity contribution < 1.29 is 9.90 Å². The molecule has 0 saturated heterocycles. The first-order chi connectivity index (χ1) is 7.54. The Balaban J connectivity index is 2.14. The van der Waals surface area contributed by atoms with Crippen LogP contribution in [-0.4, -0.2) is 23.2 Å². The molecule has 0 unspecified atom stereocenters. The molecule has 0 aromatic heterocycles. The number of rotatable bonds is 3. The van der Waals surface area contributed by atoms with Gasteiger partial charge >= 0.3 is 0 Å². The Labute approximate surface area is 95.5 Å². The lowest BCUT2D eigenvalue weighted by atomic mass is 10.1. The van der Waals surface area contributed by atoms with Gasteiger partial charge in [0.25, 0.3) is 5.91 Å². The molecule has 3 heteroatoms. The van der Waals surface area contributed by atoms with E-state index >= 15 is 0 Å². The lowest BCUT2D eigenvalue weighted by Crippen LogP contribution is -2.39. The van der Waals surface area contributed by atoms with Crippen molar-refractivity contribution in [1.29, 1.82) is 0 Å². The summed E-state index contributed by atoms with van der Waals surface area (Å²) in [6.07, 6.45) is 1.75. The highest BCUT2D eigenvalue weighted by Crippen LogP contribution is 2.34. The van der Waals surface area contributed by atoms with Crippen LogP contribution in [0.5, 0.6) is 0 Å². The maximum atomic E-state index is 11.9. The van der Waals surface area contributed by atoms with Gasteiger partial charge in [-0.1, -0.05) is 17.2 Å². The summed E-state index contributed by atoms with van der Waals surface area (Å²) in [5.41, 5.74) is 2.50. The first-order valence-corrected chi connectivity index (χ1v) is 5.56. The summed E-state index contributed by atoms with van der Waals surface area (Å²) in [5, 5.41) is 12.0. The first kappa shape index (κ1) is 11.1. The van der Waals surface area contributed by atoms with Crippen molar-refractivity contribution in [2.75, 3.05) is 6.61 Å². The summed E-state index contributed by atoms with van der Waals surface area (Å²) in [7, 11) is 0. The molecule has 1 aromatic rings. The Morgan fingerprint density at radius 1 is 1.31 bits per heavy atom. The summed E-state index contributed by atoms with van der Waals surface area (Å²) in [4.78, 5) is 11.9. The minimum atomic E-state index is -0.339. The third-order valence-electron chi connectivity index (χ3n) is 3.02. The topological polar surface area (TPSA) is 49.3 Å². The van der Waals surface area contributed by atoms with Gasteiger partial charge in [0.05, 0.1) is 12.1 Å². The van der Waals surface area contributed by atoms with E-state index in [1.165, 1.54) is 0 Å². The predicted octanol–water partition coefficient (Wildman–Crippen LogP) is 1.56. The van der Waals surface area contributed by atoms with Crippen molar-refractivity contribution in [3.8, 4) is 0 Å². The predicted molar refractivity (Wildman–Crippen MR) is 62.4 cm³/mol. The highest BCUT2D eigenvalue weighted by molar-refractivity contribution is 5.95. The average molecular weight is 219 g/mol. The Morgan fingerprint density at radius 2 is 1.88 bits per heavy atom. The van der Waals surface area contributed by atoms with Crippen LogP contribution in [0.3, 0.4) is 0 Å². The molecule has 0 spiro atoms. The molecule has 1 aromatic carbocycles. The number of aliphatic hydroxyl groups excluding tert-OH is 1. The van der Waals surface area contributed by atoms with Crippen LogP contribution < -0.4 is 5.32 Å². The van der Waals surface area contributed by atoms with E-state index in [0.717, 1.165) is 24.0 Å². The van der Waals surface area contributed by atoms with Gasteiger partial charge in [-0.15, -0.1) is 0 Å². The molecule has 1 amide bonds. The fourth-order valence-corrected chi connectivity index (χ4v) is 1.89. The SMILES string of the molecule is Cc1cc(C)cc(C(=O)NC2(CO)CC2)c1. The van der Waals surface area contributed by atoms with Gasteiger partial charge in [0, 0.05) is 5.56 Å². The number of aryl methyl sites for hydroxylation is 2. The van der Waals surface area contributed by atoms with Gasteiger partial charge in [-0.05, 0) is 38.8 Å². The first-order valence-electron chi connectivity index (χ1n) is 5.56. The zero-order valence-corrected chi connectivity index (χ0v) is 9.71. The molecule has 1 aliphatic carbocycles. The van der Waals surface area contributed by atoms with E-state index in [9.17, 15) is 4.79 Å². The maximum absolute atomic E-state index is 11.9. The van der Waals surface area contributed by atoms with Gasteiger partial charge in [-0.3, -0.25) is 4.79 Å². The lowest BCUT2D eigenvalue weighted by Gasteiger charge is -2.14. The fraction of sp³-hybridized carbons (Fsp3) is 0.462. The molecule has 1 fully saturated rings. The second-order valence-electron chi connectivity index (χ2n) is 4.77. The molecule has 1 aliphatic rings. The van der Waals surface area contributed by atoms with Gasteiger partial charge in [-0.2, -0.15) is 0 Å². The van der Waals surface area contributed by atoms with Crippen molar-refractivity contribution in [2.45, 2.75) is 32.2 Å². The third-order valence-corrected chi connectivity index (χ3v) is 3.02. The van der Waals surface area contributed by atoms with Crippen LogP contribution in [-0.2, 0) is 0 Å². The Kier molecular flexibility index (Phi) is 2.72. The Bertz CT molecular complexity index is 402. The largest absolute Gasteiger partial charge is 0.394 e. The van der Waals surface area contributed by atoms with Crippen LogP contribution >= 0.6 is 0 Å². The van der Waals surface area contributed by atoms with E-state index in [1.807, 2.05) is 32.0 Å². The molecule has 2 rings (SSSR count). The standard InChI is InChI=1S/C13H17NO2/c1-9-5-10(2)7-11(6-9)12(16)14-13(8-15)3-4-13/h5-7,15H,3-4,8H2,1-2H3,(H,14,16). The van der Waals surface area contributed by atoms with Crippen LogP contribution in [0.1, 0.15) is 34.3 Å². The van der Waals surface area contributed by atoms with Crippen LogP contribution in [0.15, 0.2) is 18.2 Å². The van der Waals surface area contributed by atoms with Gasteiger partial charge in [0.2, 0.25) is 0 Å². The van der Waals surface area contributed by atoms with E-state index in [1.54, 1.807) is 0 Å². The molecule has 86 valence electrons. The molecular formula is C13H17NO2. The maximum Gasteiger partial charge on any atom is 0.251 e. The molecule has 1 saturated carbocycles. The number of nitrogens with one attached hydrogen (secondary N) is 1. The van der Waals surface area contributed by atoms with Crippen LogP contribution in [0.25, 0.3) is 0 Å². The zero-order valence-electron chi connectivity index (χ0n) is 9.71. The molecule has 0 radical (unpaired) electrons. The minimum absolute atomic E-state index is 0.0313. The molecule has 3 nitrogen and oxygen atoms in total. The minimum Gasteiger partial charge on any atom is -0.394 e. The van der Waals surface area contributed by atoms with E-state index in [-0.39, 0.29) is 18.1 Å². The average Bonchev–Trinajstić information content (AvgIpc) is 2.97. The smallest absolute Gasteiger partial charge is 0.251 e. The highest BCUT2D eigenvalue weighted by atomic mass is 16.3. The summed E-state index contributed by atoms with van der Waals surface area (Å²) < 4.78 is 0. The number of hydrogen-bond donors (Lipinski definition) is 2. The molecule has 0 aliphatic heterocycles. The number of hydrogen-bond acceptors (Lipinski definition) is 2. The van der Waals surface area contributed by atoms with Gasteiger partial charge in [0.1, 0.15) is 0 Å². The highest BCUT2D eigenvalue weighted by Gasteiger charge is 2.43. The molecule has 2 N–H and O–H groups in total. The molecule has 0 atom stereocenters. The summed E-state index contributed by atoms with van der Waals surface area (Å²) in [6.45, 7) is 3.98. The van der Waals surface area contributed by atoms with Crippen molar-refractivity contribution >= 4 is 5.91 Å². The van der Waals surface area contributed by atoms with E-state index in [4.69, 9.17) is 5.11 Å². The van der Waals surface area contributed by atoms with E-state index in [0.29, 0.717) is 5.56 Å². The summed E-state index contributed by atoms with van der Waals surface area (Å²) in [5.74, 6) is -0.0849. The molecule has 0 heterocycles. The van der Waals surface area contributed by atoms with Crippen molar-refractivity contribution in [3.63, 3.8) is 0 Å². The van der Waals surface area contributed by atoms with E-state index in [2.05, 4.69) is 5.32 Å². The van der Waals surface area contributed by atoms with Crippen LogP contribution in [0.4, 0.5) is 0 Å². The number of aliphatic hydroxyl groups is 1. The summed E-state index contributed by atoms with van der Waals surface area (Å²) >= 11 is 0. The monoisotopic (exact) mass is 219 g/mol. The van der Waals surface area contributed by atoms with E-state index < -0.39 is 0 Å². The number of carbonyl (C=O) groups is 1. The van der Waals surface area contributed by atoms with Gasteiger partial charge in [0.15, 0.2) is 0 Å². The Morgan fingerprint density at radius 3 is 2.31 bits per heavy atom. The molecule has 0 bridgehead atoms. The normalized spacial score (nSPS) is 16.9. The number of amides is 1. The second kappa shape index (κ2) is 3.91. The molecule has 16 heavy (non-hydrogen) atoms. The van der Waals surface area contributed by atoms with Crippen molar-refractivity contribution in [2.24, 2.45) is 0 Å². The van der Waals surface area contributed by atoms with Gasteiger partial charge in [-0.25, -0.2) is 0 Å². The zero-order chi connectivity index (χ0) is 11.8. The van der Waals surface area contributed by atoms with Crippen molar-refractivity contribution in [1.82, 2.24) is 5.32 Å². The number of benzene rings is 1. The fourth-order valence-electron chi connectivity index (χ4n) is 1.89. The van der Waals surface area contributed by atoms with Crippen molar-refractivity contribution in [3.05, 3.63) is 34.9 Å². The lowest BCUT2D eigenvalue weighted by molar-refractivity contribution is 0.0906. The Hall–Kier alpha value is -1.35. The summed E-state index contributed by atoms with van der Waals surface area (Å²) in [6, 6.07) is 5.78. The van der Waals surface area contributed by atoms with Crippen LogP contribution in [0.2, 0.25) is 0 Å². The quantitative estimate of drug-likeness (QED) is 0.810. The second-order valence-corrected chi connectivity index (χ2v) is 4.77. The number of carbonyl (C=O) groups excluding carboxylic acids is 1. The third kappa shape index (κ3) is 2.25. The molecular weight excluding hydrogens is 202 g/mol. The van der Waals surface area contributed by atoms with Crippen LogP contribution in [0, 0.1) is 13.8 Å². The van der Waals surface area contributed by atoms with Gasteiger partial charge < -0.3 is 10.4 Å².